The van der Waals surface area contributed by atoms with Crippen molar-refractivity contribution in [1.29, 1.82) is 0 Å². The second kappa shape index (κ2) is 16.0. The van der Waals surface area contributed by atoms with Crippen LogP contribution in [0.15, 0.2) is 54.6 Å². The summed E-state index contributed by atoms with van der Waals surface area (Å²) in [5, 5.41) is 6.36. The average Bonchev–Trinajstić information content (AvgIpc) is 3.16. The first kappa shape index (κ1) is 33.5. The van der Waals surface area contributed by atoms with E-state index in [2.05, 4.69) is 39.3 Å². The lowest BCUT2D eigenvalue weighted by Crippen LogP contribution is -2.50. The summed E-state index contributed by atoms with van der Waals surface area (Å²) in [5.41, 5.74) is 1.42. The van der Waals surface area contributed by atoms with Gasteiger partial charge in [0, 0.05) is 44.2 Å². The number of ether oxygens (including phenoxy) is 1. The summed E-state index contributed by atoms with van der Waals surface area (Å²) in [6, 6.07) is 12.7. The molecule has 3 atom stereocenters. The van der Waals surface area contributed by atoms with Crippen LogP contribution >= 0.6 is 0 Å². The maximum absolute atomic E-state index is 14.0. The number of likely N-dealkylation sites (tertiary alicyclic amines) is 1. The molecule has 240 valence electrons. The Morgan fingerprint density at radius 1 is 1.11 bits per heavy atom. The predicted octanol–water partition coefficient (Wildman–Crippen LogP) is 5.48. The Hall–Kier alpha value is -3.44. The smallest absolute Gasteiger partial charge is 0.403 e. The molecule has 44 heavy (non-hydrogen) atoms. The van der Waals surface area contributed by atoms with Crippen molar-refractivity contribution >= 4 is 17.9 Å². The molecule has 2 aliphatic heterocycles. The number of halogens is 4. The minimum absolute atomic E-state index is 0.0880. The van der Waals surface area contributed by atoms with Gasteiger partial charge in [0.15, 0.2) is 11.6 Å². The van der Waals surface area contributed by atoms with E-state index < -0.39 is 23.8 Å². The van der Waals surface area contributed by atoms with E-state index in [1.54, 1.807) is 0 Å². The Labute approximate surface area is 256 Å². The molecule has 2 aliphatic rings. The summed E-state index contributed by atoms with van der Waals surface area (Å²) in [7, 11) is 0. The van der Waals surface area contributed by atoms with Gasteiger partial charge in [-0.25, -0.2) is 4.39 Å². The van der Waals surface area contributed by atoms with E-state index >= 15 is 0 Å². The Morgan fingerprint density at radius 2 is 1.86 bits per heavy atom. The zero-order valence-corrected chi connectivity index (χ0v) is 25.1. The summed E-state index contributed by atoms with van der Waals surface area (Å²) >= 11 is 0. The Morgan fingerprint density at radius 3 is 2.55 bits per heavy atom. The van der Waals surface area contributed by atoms with Gasteiger partial charge in [-0.1, -0.05) is 49.7 Å². The van der Waals surface area contributed by atoms with Crippen LogP contribution in [0.1, 0.15) is 62.5 Å². The topological polar surface area (TPSA) is 73.9 Å². The number of carbonyl (C=O) groups is 2. The van der Waals surface area contributed by atoms with Gasteiger partial charge >= 0.3 is 6.36 Å². The monoisotopic (exact) mass is 618 g/mol. The second-order valence-corrected chi connectivity index (χ2v) is 11.5. The number of nitrogens with one attached hydrogen (secondary N) is 2. The molecule has 0 aliphatic carbocycles. The molecule has 2 amide bonds. The first-order valence-corrected chi connectivity index (χ1v) is 15.4. The minimum Gasteiger partial charge on any atom is -0.403 e. The fraction of sp³-hybridized carbons (Fsp3) is 0.515. The Bertz CT molecular complexity index is 1250. The quantitative estimate of drug-likeness (QED) is 0.244. The van der Waals surface area contributed by atoms with Crippen LogP contribution in [-0.2, 0) is 9.59 Å². The number of piperidine rings is 1. The molecular weight excluding hydrogens is 576 g/mol. The highest BCUT2D eigenvalue weighted by atomic mass is 19.4. The Balaban J connectivity index is 1.37. The second-order valence-electron chi connectivity index (χ2n) is 11.5. The Kier molecular flexibility index (Phi) is 12.2. The van der Waals surface area contributed by atoms with E-state index in [9.17, 15) is 27.2 Å². The largest absolute Gasteiger partial charge is 0.573 e. The highest BCUT2D eigenvalue weighted by Gasteiger charge is 2.33. The lowest BCUT2D eigenvalue weighted by Gasteiger charge is -2.31. The number of nitrogens with zero attached hydrogens (tertiary/aromatic N) is 2. The number of hydrogen-bond acceptors (Lipinski definition) is 5. The molecule has 11 heteroatoms. The van der Waals surface area contributed by atoms with Crippen molar-refractivity contribution in [2.75, 3.05) is 39.3 Å². The van der Waals surface area contributed by atoms with E-state index in [1.807, 2.05) is 23.1 Å². The molecule has 2 N–H and O–H groups in total. The molecule has 2 heterocycles. The number of hydrogen-bond donors (Lipinski definition) is 2. The van der Waals surface area contributed by atoms with Gasteiger partial charge in [0.1, 0.15) is 0 Å². The van der Waals surface area contributed by atoms with E-state index in [4.69, 9.17) is 0 Å². The summed E-state index contributed by atoms with van der Waals surface area (Å²) in [6.07, 6.45) is 3.36. The van der Waals surface area contributed by atoms with Gasteiger partial charge in [0.25, 0.3) is 0 Å². The fourth-order valence-electron chi connectivity index (χ4n) is 5.87. The zero-order valence-electron chi connectivity index (χ0n) is 25.1. The molecule has 2 fully saturated rings. The zero-order chi connectivity index (χ0) is 31.5. The molecule has 0 spiro atoms. The average molecular weight is 619 g/mol. The van der Waals surface area contributed by atoms with Crippen LogP contribution < -0.4 is 15.4 Å². The maximum atomic E-state index is 14.0. The third kappa shape index (κ3) is 10.3. The first-order chi connectivity index (χ1) is 21.1. The molecule has 0 unspecified atom stereocenters. The van der Waals surface area contributed by atoms with Crippen molar-refractivity contribution in [3.05, 3.63) is 71.6 Å². The molecule has 2 saturated heterocycles. The lowest BCUT2D eigenvalue weighted by atomic mass is 9.95. The summed E-state index contributed by atoms with van der Waals surface area (Å²) in [6.45, 7) is 6.54. The van der Waals surface area contributed by atoms with Crippen molar-refractivity contribution in [2.24, 2.45) is 0 Å². The summed E-state index contributed by atoms with van der Waals surface area (Å²) < 4.78 is 54.8. The van der Waals surface area contributed by atoms with Crippen LogP contribution in [0, 0.1) is 5.82 Å². The maximum Gasteiger partial charge on any atom is 0.573 e. The molecule has 0 bridgehead atoms. The SMILES string of the molecule is CC[C@H](CN1CC[C@@H](CNC(=O)C=Cc2ccc(OC(F)(F)F)c(F)c2)N[C@@H](CCN2CCCCC2)C1=O)c1ccccc1. The summed E-state index contributed by atoms with van der Waals surface area (Å²) in [5.74, 6) is -2.25. The molecule has 0 radical (unpaired) electrons. The van der Waals surface area contributed by atoms with Gasteiger partial charge in [-0.05, 0) is 74.5 Å². The van der Waals surface area contributed by atoms with Gasteiger partial charge in [-0.2, -0.15) is 0 Å². The number of carbonyl (C=O) groups excluding carboxylic acids is 2. The van der Waals surface area contributed by atoms with Crippen LogP contribution in [0.25, 0.3) is 6.08 Å². The number of alkyl halides is 3. The van der Waals surface area contributed by atoms with E-state index in [1.165, 1.54) is 43.0 Å². The standard InChI is InChI=1S/C33H42F4N4O3/c1-2-25(26-9-5-3-6-10-26)23-41-20-15-27(39-29(32(41)43)16-19-40-17-7-4-8-18-40)22-38-31(42)14-12-24-11-13-30(28(34)21-24)44-33(35,36)37/h3,5-6,9-14,21,25,27,29,39H,2,4,7-8,15-20,22-23H2,1H3,(H,38,42)/t25-,27+,29+/m1/s1. The minimum atomic E-state index is -5.00. The van der Waals surface area contributed by atoms with Crippen molar-refractivity contribution in [3.8, 4) is 5.75 Å². The fourth-order valence-corrected chi connectivity index (χ4v) is 5.87. The van der Waals surface area contributed by atoms with Gasteiger partial charge in [-0.3, -0.25) is 9.59 Å². The van der Waals surface area contributed by atoms with Gasteiger partial charge < -0.3 is 25.2 Å². The van der Waals surface area contributed by atoms with Crippen molar-refractivity contribution < 1.29 is 31.9 Å². The van der Waals surface area contributed by atoms with Crippen molar-refractivity contribution in [1.82, 2.24) is 20.4 Å². The van der Waals surface area contributed by atoms with Crippen molar-refractivity contribution in [2.45, 2.75) is 69.8 Å². The molecule has 0 aromatic heterocycles. The third-order valence-electron chi connectivity index (χ3n) is 8.31. The van der Waals surface area contributed by atoms with Gasteiger partial charge in [-0.15, -0.1) is 13.2 Å². The number of rotatable bonds is 12. The van der Waals surface area contributed by atoms with Gasteiger partial charge in [0.05, 0.1) is 6.04 Å². The van der Waals surface area contributed by atoms with E-state index in [0.29, 0.717) is 25.9 Å². The van der Waals surface area contributed by atoms with Crippen LogP contribution in [0.5, 0.6) is 5.75 Å². The lowest BCUT2D eigenvalue weighted by molar-refractivity contribution is -0.275. The van der Waals surface area contributed by atoms with Crippen molar-refractivity contribution in [3.63, 3.8) is 0 Å². The normalized spacial score (nSPS) is 20.8. The van der Waals surface area contributed by atoms with Crippen LogP contribution in [0.2, 0.25) is 0 Å². The number of benzene rings is 2. The third-order valence-corrected chi connectivity index (χ3v) is 8.31. The highest BCUT2D eigenvalue weighted by molar-refractivity contribution is 5.91. The molecule has 2 aromatic rings. The van der Waals surface area contributed by atoms with Crippen LogP contribution in [0.4, 0.5) is 17.6 Å². The molecule has 0 saturated carbocycles. The van der Waals surface area contributed by atoms with Crippen LogP contribution in [-0.4, -0.2) is 79.3 Å². The molecule has 4 rings (SSSR count). The molecular formula is C33H42F4N4O3. The van der Waals surface area contributed by atoms with Crippen LogP contribution in [0.3, 0.4) is 0 Å². The van der Waals surface area contributed by atoms with E-state index in [0.717, 1.165) is 38.2 Å². The highest BCUT2D eigenvalue weighted by Crippen LogP contribution is 2.26. The molecule has 7 nitrogen and oxygen atoms in total. The summed E-state index contributed by atoms with van der Waals surface area (Å²) in [4.78, 5) is 30.8. The number of amides is 2. The molecule has 2 aromatic carbocycles. The van der Waals surface area contributed by atoms with E-state index in [-0.39, 0.29) is 36.0 Å². The first-order valence-electron chi connectivity index (χ1n) is 15.4. The predicted molar refractivity (Wildman–Crippen MR) is 161 cm³/mol. The van der Waals surface area contributed by atoms with Gasteiger partial charge in [0.2, 0.25) is 11.8 Å².